The minimum atomic E-state index is -0.338. The molecule has 0 aliphatic heterocycles. The second-order valence-electron chi connectivity index (χ2n) is 8.62. The van der Waals surface area contributed by atoms with E-state index in [0.29, 0.717) is 16.7 Å². The molecule has 2 aromatic carbocycles. The predicted octanol–water partition coefficient (Wildman–Crippen LogP) is 3.76. The fraction of sp³-hybridized carbons (Fsp3) is 0.269. The van der Waals surface area contributed by atoms with Gasteiger partial charge in [-0.3, -0.25) is 14.2 Å². The summed E-state index contributed by atoms with van der Waals surface area (Å²) in [6, 6.07) is 13.9. The molecule has 0 unspecified atom stereocenters. The first kappa shape index (κ1) is 22.9. The summed E-state index contributed by atoms with van der Waals surface area (Å²) in [4.78, 5) is 32.4. The van der Waals surface area contributed by atoms with E-state index in [9.17, 15) is 9.59 Å². The first-order valence-corrected chi connectivity index (χ1v) is 11.0. The van der Waals surface area contributed by atoms with E-state index in [1.165, 1.54) is 17.1 Å². The Kier molecular flexibility index (Phi) is 6.28. The summed E-state index contributed by atoms with van der Waals surface area (Å²) in [6.45, 7) is 7.98. The highest BCUT2D eigenvalue weighted by atomic mass is 16.2. The van der Waals surface area contributed by atoms with Crippen LogP contribution in [0.25, 0.3) is 16.7 Å². The van der Waals surface area contributed by atoms with Gasteiger partial charge in [0.15, 0.2) is 5.65 Å². The highest BCUT2D eigenvalue weighted by Crippen LogP contribution is 2.20. The number of rotatable bonds is 6. The maximum Gasteiger partial charge on any atom is 0.264 e. The lowest BCUT2D eigenvalue weighted by molar-refractivity contribution is -0.119. The molecule has 1 amide bonds. The van der Waals surface area contributed by atoms with E-state index < -0.39 is 0 Å². The molecule has 4 aromatic rings. The van der Waals surface area contributed by atoms with Gasteiger partial charge in [-0.05, 0) is 74.2 Å². The van der Waals surface area contributed by atoms with Gasteiger partial charge in [0.25, 0.3) is 5.56 Å². The molecular weight excluding hydrogens is 428 g/mol. The molecule has 0 N–H and O–H groups in total. The van der Waals surface area contributed by atoms with Crippen LogP contribution in [0.2, 0.25) is 0 Å². The normalized spacial score (nSPS) is 10.9. The van der Waals surface area contributed by atoms with Crippen molar-refractivity contribution in [3.8, 4) is 11.8 Å². The Bertz CT molecular complexity index is 1450. The van der Waals surface area contributed by atoms with Crippen LogP contribution in [0, 0.1) is 39.0 Å². The zero-order valence-electron chi connectivity index (χ0n) is 19.7. The van der Waals surface area contributed by atoms with Gasteiger partial charge in [-0.25, -0.2) is 9.67 Å². The average Bonchev–Trinajstić information content (AvgIpc) is 3.19. The third kappa shape index (κ3) is 4.59. The van der Waals surface area contributed by atoms with Crippen LogP contribution in [0.3, 0.4) is 0 Å². The summed E-state index contributed by atoms with van der Waals surface area (Å²) in [5.74, 6) is -0.287. The molecule has 0 fully saturated rings. The van der Waals surface area contributed by atoms with Gasteiger partial charge in [-0.1, -0.05) is 12.1 Å². The molecule has 0 bridgehead atoms. The number of aromatic nitrogens is 4. The fourth-order valence-electron chi connectivity index (χ4n) is 4.22. The number of aryl methyl sites for hydroxylation is 4. The lowest BCUT2D eigenvalue weighted by atomic mass is 10.1. The van der Waals surface area contributed by atoms with Gasteiger partial charge >= 0.3 is 0 Å². The molecule has 2 aromatic heterocycles. The van der Waals surface area contributed by atoms with Crippen molar-refractivity contribution in [1.29, 1.82) is 5.26 Å². The summed E-state index contributed by atoms with van der Waals surface area (Å²) in [5.41, 5.74) is 5.84. The molecular formula is C26H26N6O2. The zero-order chi connectivity index (χ0) is 24.4. The van der Waals surface area contributed by atoms with Gasteiger partial charge in [0, 0.05) is 12.2 Å². The van der Waals surface area contributed by atoms with E-state index >= 15 is 0 Å². The van der Waals surface area contributed by atoms with E-state index in [4.69, 9.17) is 5.26 Å². The average molecular weight is 455 g/mol. The summed E-state index contributed by atoms with van der Waals surface area (Å²) < 4.78 is 2.93. The predicted molar refractivity (Wildman–Crippen MR) is 131 cm³/mol. The minimum Gasteiger partial charge on any atom is -0.310 e. The van der Waals surface area contributed by atoms with Crippen molar-refractivity contribution >= 4 is 22.6 Å². The van der Waals surface area contributed by atoms with Gasteiger partial charge in [0.05, 0.1) is 24.4 Å². The van der Waals surface area contributed by atoms with Crippen molar-refractivity contribution in [2.75, 3.05) is 11.4 Å². The Labute approximate surface area is 197 Å². The molecule has 0 spiro atoms. The van der Waals surface area contributed by atoms with Crippen LogP contribution in [0.4, 0.5) is 5.69 Å². The smallest absolute Gasteiger partial charge is 0.264 e. The van der Waals surface area contributed by atoms with Crippen LogP contribution in [-0.4, -0.2) is 31.8 Å². The first-order valence-electron chi connectivity index (χ1n) is 11.0. The topological polar surface area (TPSA) is 96.8 Å². The molecule has 0 atom stereocenters. The molecule has 0 radical (unpaired) electrons. The van der Waals surface area contributed by atoms with Gasteiger partial charge in [0.2, 0.25) is 5.91 Å². The highest BCUT2D eigenvalue weighted by Gasteiger charge is 2.19. The monoisotopic (exact) mass is 454 g/mol. The highest BCUT2D eigenvalue weighted by molar-refractivity contribution is 5.93. The fourth-order valence-corrected chi connectivity index (χ4v) is 4.22. The number of nitriles is 1. The second kappa shape index (κ2) is 9.32. The molecule has 0 aliphatic rings. The Morgan fingerprint density at radius 2 is 1.62 bits per heavy atom. The van der Waals surface area contributed by atoms with Gasteiger partial charge in [0.1, 0.15) is 18.3 Å². The summed E-state index contributed by atoms with van der Waals surface area (Å²) in [7, 11) is 0. The Morgan fingerprint density at radius 1 is 1.00 bits per heavy atom. The Hall–Kier alpha value is -4.25. The lowest BCUT2D eigenvalue weighted by Gasteiger charge is -2.23. The Balaban J connectivity index is 1.68. The molecule has 0 aliphatic carbocycles. The van der Waals surface area contributed by atoms with E-state index in [-0.39, 0.29) is 31.0 Å². The number of carbonyl (C=O) groups excluding carboxylic acids is 1. The third-order valence-corrected chi connectivity index (χ3v) is 5.58. The third-order valence-electron chi connectivity index (χ3n) is 5.58. The van der Waals surface area contributed by atoms with Crippen LogP contribution < -0.4 is 10.5 Å². The number of hydrogen-bond donors (Lipinski definition) is 0. The number of amides is 1. The van der Waals surface area contributed by atoms with Crippen molar-refractivity contribution < 1.29 is 4.79 Å². The van der Waals surface area contributed by atoms with Crippen LogP contribution in [0.1, 0.15) is 28.7 Å². The summed E-state index contributed by atoms with van der Waals surface area (Å²) in [5, 5.41) is 13.8. The molecule has 172 valence electrons. The van der Waals surface area contributed by atoms with Crippen LogP contribution in [0.5, 0.6) is 0 Å². The number of benzene rings is 2. The van der Waals surface area contributed by atoms with Gasteiger partial charge in [-0.2, -0.15) is 10.4 Å². The molecule has 0 saturated heterocycles. The molecule has 0 saturated carbocycles. The maximum atomic E-state index is 13.2. The quantitative estimate of drug-likeness (QED) is 0.442. The maximum absolute atomic E-state index is 13.2. The number of anilines is 1. The van der Waals surface area contributed by atoms with Crippen molar-refractivity contribution in [2.24, 2.45) is 0 Å². The largest absolute Gasteiger partial charge is 0.310 e. The van der Waals surface area contributed by atoms with Crippen molar-refractivity contribution in [3.05, 3.63) is 81.5 Å². The first-order chi connectivity index (χ1) is 16.3. The van der Waals surface area contributed by atoms with Crippen molar-refractivity contribution in [3.63, 3.8) is 0 Å². The zero-order valence-corrected chi connectivity index (χ0v) is 19.7. The van der Waals surface area contributed by atoms with E-state index in [2.05, 4.69) is 22.2 Å². The van der Waals surface area contributed by atoms with Crippen LogP contribution in [-0.2, 0) is 11.3 Å². The van der Waals surface area contributed by atoms with E-state index in [0.717, 1.165) is 27.9 Å². The molecule has 2 heterocycles. The second-order valence-corrected chi connectivity index (χ2v) is 8.62. The number of carbonyl (C=O) groups is 1. The number of hydrogen-bond acceptors (Lipinski definition) is 5. The molecule has 34 heavy (non-hydrogen) atoms. The van der Waals surface area contributed by atoms with Gasteiger partial charge < -0.3 is 4.90 Å². The summed E-state index contributed by atoms with van der Waals surface area (Å²) >= 11 is 0. The summed E-state index contributed by atoms with van der Waals surface area (Å²) in [6.07, 6.45) is 3.06. The standard InChI is InChI=1S/C26H26N6O2/c1-17-8-18(2)11-21(10-17)31(7-5-6-27)24(33)15-30-16-28-25-23(26(30)34)14-29-32(25)22-12-19(3)9-20(4)13-22/h8-14,16H,5,7,15H2,1-4H3. The SMILES string of the molecule is Cc1cc(C)cc(N(CCC#N)C(=O)Cn2cnc3c(cnn3-c3cc(C)cc(C)c3)c2=O)c1. The van der Waals surface area contributed by atoms with E-state index in [1.54, 1.807) is 9.58 Å². The molecule has 8 nitrogen and oxygen atoms in total. The molecule has 8 heteroatoms. The lowest BCUT2D eigenvalue weighted by Crippen LogP contribution is -2.37. The van der Waals surface area contributed by atoms with Crippen molar-refractivity contribution in [2.45, 2.75) is 40.7 Å². The minimum absolute atomic E-state index is 0.186. The Morgan fingerprint density at radius 3 is 2.24 bits per heavy atom. The van der Waals surface area contributed by atoms with Crippen LogP contribution in [0.15, 0.2) is 53.7 Å². The van der Waals surface area contributed by atoms with E-state index in [1.807, 2.05) is 58.0 Å². The molecule has 4 rings (SSSR count). The van der Waals surface area contributed by atoms with Crippen molar-refractivity contribution in [1.82, 2.24) is 19.3 Å². The van der Waals surface area contributed by atoms with Crippen LogP contribution >= 0.6 is 0 Å². The van der Waals surface area contributed by atoms with Gasteiger partial charge in [-0.15, -0.1) is 0 Å². The number of nitrogens with zero attached hydrogens (tertiary/aromatic N) is 6. The number of fused-ring (bicyclic) bond motifs is 1.